The summed E-state index contributed by atoms with van der Waals surface area (Å²) in [5, 5.41) is 4.93. The van der Waals surface area contributed by atoms with Gasteiger partial charge in [0.25, 0.3) is 5.91 Å². The zero-order chi connectivity index (χ0) is 24.7. The minimum Gasteiger partial charge on any atom is -0.439 e. The van der Waals surface area contributed by atoms with Crippen molar-refractivity contribution < 1.29 is 14.3 Å². The van der Waals surface area contributed by atoms with E-state index < -0.39 is 0 Å². The Balaban J connectivity index is 1.56. The largest absolute Gasteiger partial charge is 0.439 e. The van der Waals surface area contributed by atoms with Crippen molar-refractivity contribution in [3.63, 3.8) is 0 Å². The van der Waals surface area contributed by atoms with Crippen LogP contribution in [0.4, 0.5) is 0 Å². The van der Waals surface area contributed by atoms with E-state index in [-0.39, 0.29) is 12.0 Å². The van der Waals surface area contributed by atoms with Gasteiger partial charge in [-0.2, -0.15) is 5.10 Å². The molecule has 0 spiro atoms. The predicted molar refractivity (Wildman–Crippen MR) is 140 cm³/mol. The van der Waals surface area contributed by atoms with Gasteiger partial charge in [-0.1, -0.05) is 61.5 Å². The van der Waals surface area contributed by atoms with Crippen LogP contribution in [0.15, 0.2) is 91.0 Å². The van der Waals surface area contributed by atoms with Gasteiger partial charge in [-0.15, -0.1) is 0 Å². The lowest BCUT2D eigenvalue weighted by atomic mass is 10.1. The van der Waals surface area contributed by atoms with Crippen molar-refractivity contribution in [2.45, 2.75) is 38.8 Å². The van der Waals surface area contributed by atoms with E-state index in [0.29, 0.717) is 31.0 Å². The van der Waals surface area contributed by atoms with E-state index in [1.165, 1.54) is 0 Å². The fourth-order valence-electron chi connectivity index (χ4n) is 4.58. The third kappa shape index (κ3) is 5.34. The van der Waals surface area contributed by atoms with E-state index in [2.05, 4.69) is 6.92 Å². The first-order valence-electron chi connectivity index (χ1n) is 12.6. The van der Waals surface area contributed by atoms with Crippen molar-refractivity contribution in [3.05, 3.63) is 108 Å². The zero-order valence-corrected chi connectivity index (χ0v) is 20.5. The molecule has 1 aromatic heterocycles. The fraction of sp³-hybridized carbons (Fsp3) is 0.267. The highest BCUT2D eigenvalue weighted by Crippen LogP contribution is 2.33. The fourth-order valence-corrected chi connectivity index (χ4v) is 4.58. The summed E-state index contributed by atoms with van der Waals surface area (Å²) in [5.41, 5.74) is 3.38. The topological polar surface area (TPSA) is 56.6 Å². The van der Waals surface area contributed by atoms with Gasteiger partial charge in [-0.3, -0.25) is 4.79 Å². The van der Waals surface area contributed by atoms with E-state index in [0.717, 1.165) is 42.1 Å². The van der Waals surface area contributed by atoms with E-state index >= 15 is 0 Å². The summed E-state index contributed by atoms with van der Waals surface area (Å²) in [6.45, 7) is 3.73. The second-order valence-electron chi connectivity index (χ2n) is 8.93. The Morgan fingerprint density at radius 1 is 1.00 bits per heavy atom. The summed E-state index contributed by atoms with van der Waals surface area (Å²) in [6.07, 6.45) is 2.72. The Labute approximate surface area is 212 Å². The van der Waals surface area contributed by atoms with Crippen LogP contribution in [0.5, 0.6) is 11.6 Å². The zero-order valence-electron chi connectivity index (χ0n) is 20.5. The Bertz CT molecular complexity index is 1270. The number of para-hydroxylation sites is 2. The lowest BCUT2D eigenvalue weighted by molar-refractivity contribution is 0.0505. The molecule has 0 aliphatic carbocycles. The molecule has 0 saturated carbocycles. The number of carbonyl (C=O) groups excluding carboxylic acids is 1. The van der Waals surface area contributed by atoms with Crippen LogP contribution in [-0.2, 0) is 17.7 Å². The summed E-state index contributed by atoms with van der Waals surface area (Å²) in [7, 11) is 0. The first kappa shape index (κ1) is 23.8. The van der Waals surface area contributed by atoms with Crippen molar-refractivity contribution in [2.24, 2.45) is 0 Å². The molecule has 2 heterocycles. The molecule has 6 heteroatoms. The number of carbonyl (C=O) groups is 1. The second kappa shape index (κ2) is 11.2. The van der Waals surface area contributed by atoms with Gasteiger partial charge in [0, 0.05) is 18.7 Å². The van der Waals surface area contributed by atoms with Crippen molar-refractivity contribution in [3.8, 4) is 17.3 Å². The first-order chi connectivity index (χ1) is 17.7. The molecular weight excluding hydrogens is 450 g/mol. The molecule has 0 N–H and O–H groups in total. The molecule has 1 aliphatic heterocycles. The summed E-state index contributed by atoms with van der Waals surface area (Å²) in [6, 6.07) is 29.1. The molecule has 1 atom stereocenters. The maximum Gasteiger partial charge on any atom is 0.254 e. The summed E-state index contributed by atoms with van der Waals surface area (Å²) >= 11 is 0. The number of amides is 1. The van der Waals surface area contributed by atoms with Crippen molar-refractivity contribution in [2.75, 3.05) is 13.2 Å². The quantitative estimate of drug-likeness (QED) is 0.292. The number of rotatable bonds is 9. The number of aryl methyl sites for hydroxylation is 1. The Kier molecular flexibility index (Phi) is 7.43. The molecule has 0 radical (unpaired) electrons. The molecule has 0 unspecified atom stereocenters. The molecular formula is C30H31N3O3. The van der Waals surface area contributed by atoms with Gasteiger partial charge in [0.1, 0.15) is 5.75 Å². The van der Waals surface area contributed by atoms with Crippen LogP contribution < -0.4 is 4.74 Å². The summed E-state index contributed by atoms with van der Waals surface area (Å²) in [4.78, 5) is 15.6. The SMILES string of the molecule is CCc1nn(-c2ccccc2)c(Oc2ccccc2)c1CN(C[C@H]1CCCO1)C(=O)c1ccccc1. The second-order valence-corrected chi connectivity index (χ2v) is 8.93. The first-order valence-corrected chi connectivity index (χ1v) is 12.6. The molecule has 3 aromatic carbocycles. The third-order valence-electron chi connectivity index (χ3n) is 6.42. The van der Waals surface area contributed by atoms with Gasteiger partial charge >= 0.3 is 0 Å². The van der Waals surface area contributed by atoms with Gasteiger partial charge in [0.05, 0.1) is 29.6 Å². The van der Waals surface area contributed by atoms with E-state index in [1.54, 1.807) is 0 Å². The lowest BCUT2D eigenvalue weighted by Gasteiger charge is -2.26. The van der Waals surface area contributed by atoms with E-state index in [1.807, 2.05) is 101 Å². The van der Waals surface area contributed by atoms with Crippen molar-refractivity contribution >= 4 is 5.91 Å². The van der Waals surface area contributed by atoms with Crippen LogP contribution in [0.3, 0.4) is 0 Å². The minimum absolute atomic E-state index is 0.0220. The average Bonchev–Trinajstić information content (AvgIpc) is 3.57. The molecule has 4 aromatic rings. The maximum atomic E-state index is 13.7. The predicted octanol–water partition coefficient (Wildman–Crippen LogP) is 6.05. The van der Waals surface area contributed by atoms with Crippen molar-refractivity contribution in [1.82, 2.24) is 14.7 Å². The Morgan fingerprint density at radius 3 is 2.31 bits per heavy atom. The Hall–Kier alpha value is -3.90. The molecule has 6 nitrogen and oxygen atoms in total. The Morgan fingerprint density at radius 2 is 1.67 bits per heavy atom. The molecule has 36 heavy (non-hydrogen) atoms. The molecule has 1 amide bonds. The van der Waals surface area contributed by atoms with E-state index in [9.17, 15) is 4.79 Å². The molecule has 1 saturated heterocycles. The average molecular weight is 482 g/mol. The lowest BCUT2D eigenvalue weighted by Crippen LogP contribution is -2.37. The molecule has 184 valence electrons. The van der Waals surface area contributed by atoms with E-state index in [4.69, 9.17) is 14.6 Å². The number of benzene rings is 3. The monoisotopic (exact) mass is 481 g/mol. The van der Waals surface area contributed by atoms with Crippen LogP contribution >= 0.6 is 0 Å². The van der Waals surface area contributed by atoms with Crippen LogP contribution in [0.2, 0.25) is 0 Å². The van der Waals surface area contributed by atoms with Crippen LogP contribution in [0.1, 0.15) is 41.4 Å². The highest BCUT2D eigenvalue weighted by atomic mass is 16.5. The van der Waals surface area contributed by atoms with Gasteiger partial charge in [-0.25, -0.2) is 4.68 Å². The summed E-state index contributed by atoms with van der Waals surface area (Å²) in [5.74, 6) is 1.33. The highest BCUT2D eigenvalue weighted by molar-refractivity contribution is 5.94. The van der Waals surface area contributed by atoms with Gasteiger partial charge in [-0.05, 0) is 55.7 Å². The maximum absolute atomic E-state index is 13.7. The van der Waals surface area contributed by atoms with Crippen molar-refractivity contribution in [1.29, 1.82) is 0 Å². The number of hydrogen-bond donors (Lipinski definition) is 0. The normalized spacial score (nSPS) is 15.1. The van der Waals surface area contributed by atoms with Crippen LogP contribution in [-0.4, -0.2) is 39.8 Å². The van der Waals surface area contributed by atoms with Crippen LogP contribution in [0, 0.1) is 0 Å². The number of ether oxygens (including phenoxy) is 2. The van der Waals surface area contributed by atoms with Gasteiger partial charge < -0.3 is 14.4 Å². The number of nitrogens with zero attached hydrogens (tertiary/aromatic N) is 3. The van der Waals surface area contributed by atoms with Crippen LogP contribution in [0.25, 0.3) is 5.69 Å². The highest BCUT2D eigenvalue weighted by Gasteiger charge is 2.28. The molecule has 5 rings (SSSR count). The minimum atomic E-state index is -0.0220. The molecule has 0 bridgehead atoms. The molecule has 1 aliphatic rings. The number of aromatic nitrogens is 2. The molecule has 1 fully saturated rings. The standard InChI is InChI=1S/C30H31N3O3/c1-2-28-27(22-32(21-26-19-12-20-35-26)29(34)23-13-6-3-7-14-23)30(36-25-17-10-5-11-18-25)33(31-28)24-15-8-4-9-16-24/h3-11,13-18,26H,2,12,19-22H2,1H3/t26-/m1/s1. The number of hydrogen-bond acceptors (Lipinski definition) is 4. The van der Waals surface area contributed by atoms with Gasteiger partial charge in [0.2, 0.25) is 5.88 Å². The summed E-state index contributed by atoms with van der Waals surface area (Å²) < 4.78 is 14.2. The third-order valence-corrected chi connectivity index (χ3v) is 6.42. The van der Waals surface area contributed by atoms with Gasteiger partial charge in [0.15, 0.2) is 0 Å². The smallest absolute Gasteiger partial charge is 0.254 e.